The summed E-state index contributed by atoms with van der Waals surface area (Å²) in [5.41, 5.74) is 13.3. The van der Waals surface area contributed by atoms with Gasteiger partial charge in [0.1, 0.15) is 0 Å². The van der Waals surface area contributed by atoms with E-state index in [1.54, 1.807) is 0 Å². The zero-order valence-corrected chi connectivity index (χ0v) is 33.2. The predicted octanol–water partition coefficient (Wildman–Crippen LogP) is 15.1. The summed E-state index contributed by atoms with van der Waals surface area (Å²) >= 11 is 0. The minimum atomic E-state index is 0.685. The van der Waals surface area contributed by atoms with Crippen molar-refractivity contribution in [2.45, 2.75) is 0 Å². The van der Waals surface area contributed by atoms with Gasteiger partial charge in [-0.3, -0.25) is 0 Å². The maximum atomic E-state index is 5.50. The van der Waals surface area contributed by atoms with Crippen molar-refractivity contribution in [3.05, 3.63) is 231 Å². The maximum absolute atomic E-state index is 5.50. The molecule has 0 atom stereocenters. The molecule has 0 unspecified atom stereocenters. The van der Waals surface area contributed by atoms with E-state index in [4.69, 9.17) is 15.0 Å². The molecule has 0 saturated carbocycles. The number of hydrogen-bond donors (Lipinski definition) is 0. The molecule has 2 aromatic heterocycles. The molecule has 9 aromatic carbocycles. The summed E-state index contributed by atoms with van der Waals surface area (Å²) < 4.78 is 0. The van der Waals surface area contributed by atoms with Gasteiger partial charge in [-0.05, 0) is 70.4 Å². The molecule has 2 heterocycles. The number of anilines is 3. The molecule has 61 heavy (non-hydrogen) atoms. The van der Waals surface area contributed by atoms with E-state index < -0.39 is 0 Å². The normalized spacial score (nSPS) is 11.3. The van der Waals surface area contributed by atoms with Crippen LogP contribution in [0.25, 0.3) is 88.7 Å². The van der Waals surface area contributed by atoms with Crippen LogP contribution in [0.3, 0.4) is 0 Å². The van der Waals surface area contributed by atoms with Crippen LogP contribution in [0.5, 0.6) is 0 Å². The zero-order chi connectivity index (χ0) is 40.5. The molecule has 4 heteroatoms. The van der Waals surface area contributed by atoms with Crippen molar-refractivity contribution in [2.75, 3.05) is 4.90 Å². The molecule has 0 radical (unpaired) electrons. The van der Waals surface area contributed by atoms with Gasteiger partial charge in [-0.25, -0.2) is 15.0 Å². The quantitative estimate of drug-likeness (QED) is 0.144. The Hall–Kier alpha value is -8.21. The second-order valence-electron chi connectivity index (χ2n) is 15.2. The Labute approximate surface area is 354 Å². The minimum Gasteiger partial charge on any atom is -0.311 e. The molecule has 0 N–H and O–H groups in total. The third-order valence-corrected chi connectivity index (χ3v) is 11.5. The van der Waals surface area contributed by atoms with E-state index in [9.17, 15) is 0 Å². The topological polar surface area (TPSA) is 41.9 Å². The van der Waals surface area contributed by atoms with Gasteiger partial charge in [-0.15, -0.1) is 0 Å². The SMILES string of the molecule is c1ccc(-c2ccc(N(c3ccccc3)c3ccc(-c4nc5cccc(-c6cc(-c7ccccc7)nc(-c7ccccc7)n6)c5c5c4ccc4ccccc45)cc3)cc2)cc1. The van der Waals surface area contributed by atoms with Crippen molar-refractivity contribution in [2.24, 2.45) is 0 Å². The summed E-state index contributed by atoms with van der Waals surface area (Å²) in [6.07, 6.45) is 0. The highest BCUT2D eigenvalue weighted by atomic mass is 15.1. The van der Waals surface area contributed by atoms with E-state index in [1.807, 2.05) is 24.3 Å². The second kappa shape index (κ2) is 15.5. The first-order valence-electron chi connectivity index (χ1n) is 20.6. The predicted molar refractivity (Wildman–Crippen MR) is 254 cm³/mol. The van der Waals surface area contributed by atoms with Crippen molar-refractivity contribution < 1.29 is 0 Å². The molecule has 0 aliphatic heterocycles. The fraction of sp³-hybridized carbons (Fsp3) is 0. The third-order valence-electron chi connectivity index (χ3n) is 11.5. The van der Waals surface area contributed by atoms with Crippen LogP contribution in [-0.2, 0) is 0 Å². The Kier molecular flexibility index (Phi) is 9.14. The molecule has 0 aliphatic carbocycles. The molecule has 0 saturated heterocycles. The van der Waals surface area contributed by atoms with Gasteiger partial charge >= 0.3 is 0 Å². The maximum Gasteiger partial charge on any atom is 0.160 e. The summed E-state index contributed by atoms with van der Waals surface area (Å²) in [7, 11) is 0. The van der Waals surface area contributed by atoms with Gasteiger partial charge in [0.25, 0.3) is 0 Å². The molecule has 286 valence electrons. The molecule has 4 nitrogen and oxygen atoms in total. The van der Waals surface area contributed by atoms with Gasteiger partial charge in [-0.1, -0.05) is 182 Å². The molecule has 0 bridgehead atoms. The van der Waals surface area contributed by atoms with Crippen LogP contribution in [0.1, 0.15) is 0 Å². The molecule has 0 aliphatic rings. The lowest BCUT2D eigenvalue weighted by Crippen LogP contribution is -2.09. The fourth-order valence-electron chi connectivity index (χ4n) is 8.53. The van der Waals surface area contributed by atoms with Crippen LogP contribution in [0.2, 0.25) is 0 Å². The molecule has 0 amide bonds. The fourth-order valence-corrected chi connectivity index (χ4v) is 8.53. The molecule has 0 fully saturated rings. The van der Waals surface area contributed by atoms with E-state index in [-0.39, 0.29) is 0 Å². The number of rotatable bonds is 8. The van der Waals surface area contributed by atoms with Gasteiger partial charge in [0.15, 0.2) is 5.82 Å². The van der Waals surface area contributed by atoms with E-state index in [0.29, 0.717) is 5.82 Å². The van der Waals surface area contributed by atoms with Gasteiger partial charge in [-0.2, -0.15) is 0 Å². The molecule has 11 rings (SSSR count). The van der Waals surface area contributed by atoms with Crippen molar-refractivity contribution in [1.29, 1.82) is 0 Å². The Balaban J connectivity index is 1.08. The van der Waals surface area contributed by atoms with Crippen LogP contribution >= 0.6 is 0 Å². The highest BCUT2D eigenvalue weighted by Gasteiger charge is 2.20. The van der Waals surface area contributed by atoms with Gasteiger partial charge in [0, 0.05) is 55.5 Å². The number of para-hydroxylation sites is 1. The monoisotopic (exact) mass is 778 g/mol. The molecule has 11 aromatic rings. The number of hydrogen-bond acceptors (Lipinski definition) is 4. The van der Waals surface area contributed by atoms with Crippen molar-refractivity contribution in [3.63, 3.8) is 0 Å². The molecule has 0 spiro atoms. The van der Waals surface area contributed by atoms with Crippen molar-refractivity contribution >= 4 is 49.5 Å². The van der Waals surface area contributed by atoms with E-state index in [2.05, 4.69) is 211 Å². The number of aromatic nitrogens is 3. The summed E-state index contributed by atoms with van der Waals surface area (Å²) in [5.74, 6) is 0.685. The average Bonchev–Trinajstić information content (AvgIpc) is 3.35. The Morgan fingerprint density at radius 2 is 0.852 bits per heavy atom. The van der Waals surface area contributed by atoms with Crippen molar-refractivity contribution in [3.8, 4) is 56.3 Å². The highest BCUT2D eigenvalue weighted by molar-refractivity contribution is 6.25. The molecular formula is C57H38N4. The summed E-state index contributed by atoms with van der Waals surface area (Å²) in [4.78, 5) is 18.2. The summed E-state index contributed by atoms with van der Waals surface area (Å²) in [6.45, 7) is 0. The van der Waals surface area contributed by atoms with Crippen LogP contribution < -0.4 is 4.90 Å². The van der Waals surface area contributed by atoms with E-state index in [1.165, 1.54) is 21.9 Å². The first-order valence-corrected chi connectivity index (χ1v) is 20.6. The van der Waals surface area contributed by atoms with Crippen LogP contribution in [0.15, 0.2) is 231 Å². The zero-order valence-electron chi connectivity index (χ0n) is 33.2. The van der Waals surface area contributed by atoms with Crippen molar-refractivity contribution in [1.82, 2.24) is 15.0 Å². The lowest BCUT2D eigenvalue weighted by molar-refractivity contribution is 1.18. The molecular weight excluding hydrogens is 741 g/mol. The van der Waals surface area contributed by atoms with Gasteiger partial charge < -0.3 is 4.90 Å². The smallest absolute Gasteiger partial charge is 0.160 e. The van der Waals surface area contributed by atoms with Gasteiger partial charge in [0.2, 0.25) is 0 Å². The Morgan fingerprint density at radius 3 is 1.54 bits per heavy atom. The lowest BCUT2D eigenvalue weighted by atomic mass is 9.92. The standard InChI is InChI=1S/C57H38N4/c1-5-16-39(17-6-1)40-28-33-46(34-29-40)61(45-23-11-4-12-24-45)47-35-30-43(31-36-47)56-50-37-32-41-18-13-14-25-48(41)54(50)55-49(26-15-27-51(55)58-56)53-38-52(42-19-7-2-8-20-42)59-57(60-53)44-21-9-3-10-22-44/h1-38H. The first-order chi connectivity index (χ1) is 30.2. The summed E-state index contributed by atoms with van der Waals surface area (Å²) in [6, 6.07) is 80.9. The first kappa shape index (κ1) is 35.9. The Bertz CT molecular complexity index is 3260. The summed E-state index contributed by atoms with van der Waals surface area (Å²) in [5, 5.41) is 5.66. The van der Waals surface area contributed by atoms with E-state index in [0.717, 1.165) is 78.1 Å². The van der Waals surface area contributed by atoms with Crippen LogP contribution in [0.4, 0.5) is 17.1 Å². The van der Waals surface area contributed by atoms with Crippen LogP contribution in [0, 0.1) is 0 Å². The van der Waals surface area contributed by atoms with Gasteiger partial charge in [0.05, 0.1) is 22.6 Å². The Morgan fingerprint density at radius 1 is 0.311 bits per heavy atom. The number of nitrogens with zero attached hydrogens (tertiary/aromatic N) is 4. The average molecular weight is 779 g/mol. The second-order valence-corrected chi connectivity index (χ2v) is 15.2. The number of benzene rings is 9. The number of fused-ring (bicyclic) bond motifs is 5. The lowest BCUT2D eigenvalue weighted by Gasteiger charge is -2.26. The minimum absolute atomic E-state index is 0.685. The van der Waals surface area contributed by atoms with Crippen LogP contribution in [-0.4, -0.2) is 15.0 Å². The third kappa shape index (κ3) is 6.76. The highest BCUT2D eigenvalue weighted by Crippen LogP contribution is 2.43. The number of pyridine rings is 1. The van der Waals surface area contributed by atoms with E-state index >= 15 is 0 Å². The largest absolute Gasteiger partial charge is 0.311 e.